The Morgan fingerprint density at radius 2 is 2.10 bits per heavy atom. The summed E-state index contributed by atoms with van der Waals surface area (Å²) in [5.41, 5.74) is -0.302. The van der Waals surface area contributed by atoms with Crippen molar-refractivity contribution in [3.63, 3.8) is 0 Å². The van der Waals surface area contributed by atoms with Gasteiger partial charge in [-0.1, -0.05) is 0 Å². The fourth-order valence-corrected chi connectivity index (χ4v) is 3.07. The van der Waals surface area contributed by atoms with Crippen molar-refractivity contribution in [3.05, 3.63) is 15.4 Å². The lowest BCUT2D eigenvalue weighted by atomic mass is 10.4. The Morgan fingerprint density at radius 3 is 2.65 bits per heavy atom. The van der Waals surface area contributed by atoms with Gasteiger partial charge in [-0.2, -0.15) is 9.97 Å². The molecule has 0 unspecified atom stereocenters. The first-order valence-electron chi connectivity index (χ1n) is 5.97. The lowest BCUT2D eigenvalue weighted by molar-refractivity contribution is -0.385. The van der Waals surface area contributed by atoms with Crippen molar-refractivity contribution in [2.24, 2.45) is 0 Å². The van der Waals surface area contributed by atoms with E-state index in [1.807, 2.05) is 0 Å². The zero-order chi connectivity index (χ0) is 14.7. The van der Waals surface area contributed by atoms with Crippen LogP contribution in [0.25, 0.3) is 0 Å². The van der Waals surface area contributed by atoms with Crippen LogP contribution >= 0.6 is 11.6 Å². The summed E-state index contributed by atoms with van der Waals surface area (Å²) in [6.07, 6.45) is 0. The zero-order valence-corrected chi connectivity index (χ0v) is 12.3. The Kier molecular flexibility index (Phi) is 4.71. The summed E-state index contributed by atoms with van der Waals surface area (Å²) in [5.74, 6) is 0.875. The molecule has 1 aromatic heterocycles. The Bertz CT molecular complexity index is 546. The first kappa shape index (κ1) is 14.9. The summed E-state index contributed by atoms with van der Waals surface area (Å²) in [6, 6.07) is 0. The van der Waals surface area contributed by atoms with Gasteiger partial charge >= 0.3 is 11.6 Å². The van der Waals surface area contributed by atoms with Gasteiger partial charge in [0.1, 0.15) is 0 Å². The van der Waals surface area contributed by atoms with Crippen molar-refractivity contribution < 1.29 is 13.9 Å². The summed E-state index contributed by atoms with van der Waals surface area (Å²) in [4.78, 5) is 20.1. The van der Waals surface area contributed by atoms with E-state index in [2.05, 4.69) is 9.97 Å². The first-order chi connectivity index (χ1) is 9.52. The number of ether oxygens (including phenoxy) is 1. The van der Waals surface area contributed by atoms with Crippen LogP contribution in [-0.2, 0) is 10.8 Å². The average molecular weight is 321 g/mol. The fraction of sp³-hybridized carbons (Fsp3) is 0.600. The average Bonchev–Trinajstić information content (AvgIpc) is 2.38. The second kappa shape index (κ2) is 6.31. The van der Waals surface area contributed by atoms with Crippen molar-refractivity contribution in [3.8, 4) is 5.88 Å². The number of nitro groups is 1. The van der Waals surface area contributed by atoms with Crippen molar-refractivity contribution in [1.82, 2.24) is 9.97 Å². The highest BCUT2D eigenvalue weighted by Gasteiger charge is 2.31. The van der Waals surface area contributed by atoms with Crippen LogP contribution in [0.15, 0.2) is 0 Å². The van der Waals surface area contributed by atoms with Gasteiger partial charge < -0.3 is 9.64 Å². The lowest BCUT2D eigenvalue weighted by Gasteiger charge is -2.27. The molecule has 10 heteroatoms. The molecule has 1 saturated heterocycles. The summed E-state index contributed by atoms with van der Waals surface area (Å²) in [6.45, 7) is 2.78. The number of nitrogens with zero attached hydrogens (tertiary/aromatic N) is 4. The molecule has 0 aliphatic carbocycles. The number of hydrogen-bond acceptors (Lipinski definition) is 7. The highest BCUT2D eigenvalue weighted by atomic mass is 35.5. The Balaban J connectivity index is 2.44. The number of hydrogen-bond donors (Lipinski definition) is 0. The molecule has 110 valence electrons. The van der Waals surface area contributed by atoms with Crippen LogP contribution in [-0.4, -0.2) is 50.3 Å². The maximum absolute atomic E-state index is 11.4. The van der Waals surface area contributed by atoms with E-state index in [4.69, 9.17) is 16.3 Å². The Labute approximate surface area is 122 Å². The standard InChI is InChI=1S/C10H13ClN4O4S/c1-2-19-9-7(15(16)17)8(12-10(11)13-9)14-3-5-20(18)6-4-14/h2-6H2,1H3. The maximum atomic E-state index is 11.4. The van der Waals surface area contributed by atoms with Crippen molar-refractivity contribution in [2.75, 3.05) is 36.1 Å². The van der Waals surface area contributed by atoms with E-state index in [0.29, 0.717) is 24.6 Å². The highest BCUT2D eigenvalue weighted by Crippen LogP contribution is 2.35. The topological polar surface area (TPSA) is 98.5 Å². The molecular weight excluding hydrogens is 308 g/mol. The van der Waals surface area contributed by atoms with Crippen LogP contribution in [0.5, 0.6) is 5.88 Å². The lowest BCUT2D eigenvalue weighted by Crippen LogP contribution is -2.38. The van der Waals surface area contributed by atoms with Crippen LogP contribution in [0.3, 0.4) is 0 Å². The van der Waals surface area contributed by atoms with Crippen LogP contribution in [0.4, 0.5) is 11.5 Å². The minimum atomic E-state index is -0.885. The predicted octanol–water partition coefficient (Wildman–Crippen LogP) is 1.01. The van der Waals surface area contributed by atoms with Gasteiger partial charge in [0.2, 0.25) is 11.1 Å². The smallest absolute Gasteiger partial charge is 0.373 e. The minimum Gasteiger partial charge on any atom is -0.473 e. The molecule has 2 heterocycles. The number of halogens is 1. The summed E-state index contributed by atoms with van der Waals surface area (Å²) < 4.78 is 16.5. The van der Waals surface area contributed by atoms with E-state index in [0.717, 1.165) is 0 Å². The third-order valence-electron chi connectivity index (χ3n) is 2.75. The van der Waals surface area contributed by atoms with E-state index in [1.165, 1.54) is 0 Å². The van der Waals surface area contributed by atoms with E-state index in [9.17, 15) is 14.3 Å². The summed E-state index contributed by atoms with van der Waals surface area (Å²) in [5, 5.41) is 11.1. The second-order valence-electron chi connectivity index (χ2n) is 4.00. The quantitative estimate of drug-likeness (QED) is 0.463. The number of aromatic nitrogens is 2. The fourth-order valence-electron chi connectivity index (χ4n) is 1.86. The van der Waals surface area contributed by atoms with Gasteiger partial charge in [-0.15, -0.1) is 0 Å². The molecule has 0 atom stereocenters. The summed E-state index contributed by atoms with van der Waals surface area (Å²) >= 11 is 5.80. The second-order valence-corrected chi connectivity index (χ2v) is 6.03. The predicted molar refractivity (Wildman–Crippen MR) is 75.0 cm³/mol. The molecule has 0 radical (unpaired) electrons. The molecule has 8 nitrogen and oxygen atoms in total. The van der Waals surface area contributed by atoms with Crippen LogP contribution < -0.4 is 9.64 Å². The minimum absolute atomic E-state index is 0.110. The highest BCUT2D eigenvalue weighted by molar-refractivity contribution is 7.85. The number of rotatable bonds is 4. The third kappa shape index (κ3) is 3.15. The Morgan fingerprint density at radius 1 is 1.45 bits per heavy atom. The van der Waals surface area contributed by atoms with Crippen molar-refractivity contribution in [1.29, 1.82) is 0 Å². The number of anilines is 1. The normalized spacial score (nSPS) is 16.2. The molecule has 0 saturated carbocycles. The molecule has 1 aliphatic heterocycles. The largest absolute Gasteiger partial charge is 0.473 e. The molecule has 0 amide bonds. The third-order valence-corrected chi connectivity index (χ3v) is 4.19. The van der Waals surface area contributed by atoms with Crippen LogP contribution in [0.1, 0.15) is 6.92 Å². The van der Waals surface area contributed by atoms with Gasteiger partial charge in [-0.05, 0) is 18.5 Å². The van der Waals surface area contributed by atoms with Gasteiger partial charge in [0, 0.05) is 35.4 Å². The van der Waals surface area contributed by atoms with Gasteiger partial charge in [0.15, 0.2) is 0 Å². The molecule has 0 bridgehead atoms. The SMILES string of the molecule is CCOc1nc(Cl)nc(N2CCS(=O)CC2)c1[N+](=O)[O-]. The van der Waals surface area contributed by atoms with E-state index < -0.39 is 15.7 Å². The van der Waals surface area contributed by atoms with Crippen LogP contribution in [0, 0.1) is 10.1 Å². The molecular formula is C10H13ClN4O4S. The molecule has 20 heavy (non-hydrogen) atoms. The van der Waals surface area contributed by atoms with Gasteiger partial charge in [0.05, 0.1) is 11.5 Å². The Hall–Kier alpha value is -1.48. The molecule has 0 aromatic carbocycles. The van der Waals surface area contributed by atoms with Crippen molar-refractivity contribution >= 4 is 33.9 Å². The van der Waals surface area contributed by atoms with Crippen molar-refractivity contribution in [2.45, 2.75) is 6.92 Å². The van der Waals surface area contributed by atoms with Gasteiger partial charge in [-0.3, -0.25) is 14.3 Å². The van der Waals surface area contributed by atoms with E-state index in [-0.39, 0.29) is 29.3 Å². The zero-order valence-electron chi connectivity index (χ0n) is 10.7. The molecule has 1 aromatic rings. The molecule has 1 aliphatic rings. The molecule has 2 rings (SSSR count). The molecule has 0 spiro atoms. The first-order valence-corrected chi connectivity index (χ1v) is 7.84. The monoisotopic (exact) mass is 320 g/mol. The molecule has 1 fully saturated rings. The maximum Gasteiger partial charge on any atom is 0.373 e. The summed E-state index contributed by atoms with van der Waals surface area (Å²) in [7, 11) is -0.885. The van der Waals surface area contributed by atoms with E-state index in [1.54, 1.807) is 11.8 Å². The molecule has 0 N–H and O–H groups in total. The van der Waals surface area contributed by atoms with Gasteiger partial charge in [-0.25, -0.2) is 0 Å². The van der Waals surface area contributed by atoms with Gasteiger partial charge in [0.25, 0.3) is 0 Å². The van der Waals surface area contributed by atoms with E-state index >= 15 is 0 Å². The van der Waals surface area contributed by atoms with Crippen LogP contribution in [0.2, 0.25) is 5.28 Å².